The van der Waals surface area contributed by atoms with Crippen LogP contribution in [0.4, 0.5) is 4.70 Å². The molecule has 0 saturated carbocycles. The van der Waals surface area contributed by atoms with Crippen LogP contribution in [0.5, 0.6) is 0 Å². The predicted molar refractivity (Wildman–Crippen MR) is 119 cm³/mol. The van der Waals surface area contributed by atoms with E-state index in [1.807, 2.05) is 0 Å². The van der Waals surface area contributed by atoms with Crippen molar-refractivity contribution in [3.8, 4) is 0 Å². The number of Topliss-reactive ketones (excluding diaryl/α,β-unsaturated/α-hetero) is 2. The van der Waals surface area contributed by atoms with Gasteiger partial charge in [0.1, 0.15) is 0 Å². The van der Waals surface area contributed by atoms with Gasteiger partial charge in [-0.25, -0.2) is 0 Å². The third-order valence-electron chi connectivity index (χ3n) is 5.96. The van der Waals surface area contributed by atoms with Crippen LogP contribution in [0.1, 0.15) is 47.4 Å². The fourth-order valence-corrected chi connectivity index (χ4v) is 4.31. The maximum Gasteiger partial charge on any atom is 0.229 e. The van der Waals surface area contributed by atoms with Crippen LogP contribution in [0.2, 0.25) is 0 Å². The summed E-state index contributed by atoms with van der Waals surface area (Å²) in [5.74, 6) is 0.192. The van der Waals surface area contributed by atoms with E-state index in [1.165, 1.54) is 13.8 Å². The van der Waals surface area contributed by atoms with E-state index in [-0.39, 0.29) is 47.5 Å². The van der Waals surface area contributed by atoms with Crippen molar-refractivity contribution in [3.05, 3.63) is 38.0 Å². The van der Waals surface area contributed by atoms with Crippen molar-refractivity contribution in [2.45, 2.75) is 58.0 Å². The fraction of sp³-hybridized carbons (Fsp3) is 0.565. The van der Waals surface area contributed by atoms with Crippen molar-refractivity contribution >= 4 is 23.4 Å². The Kier molecular flexibility index (Phi) is 10.6. The Balaban J connectivity index is 0. The first-order valence-electron chi connectivity index (χ1n) is 9.93. The van der Waals surface area contributed by atoms with Crippen LogP contribution < -0.4 is 0 Å². The molecule has 2 fully saturated rings. The standard InChI is InChI=1S/C13H19NO2.C10H15NO2.FH.H2/c1-5-7-13(8-6-2)9-11(10(3)15)14(4)12(13)16;1-4-5-8-6-9(7(2)12)11(3)10(8)13;;/h5-6,11H,1-2,7-9H2,3-4H3;4,8-9H,1,5-6H2,2-3H3;2*1H/t11-;8?,9-;;/m00../s1/i;;;1+2. The van der Waals surface area contributed by atoms with Crippen LogP contribution in [-0.2, 0) is 19.2 Å². The molecule has 30 heavy (non-hydrogen) atoms. The zero-order valence-corrected chi connectivity index (χ0v) is 18.6. The Labute approximate surface area is 180 Å². The van der Waals surface area contributed by atoms with Crippen LogP contribution in [0.15, 0.2) is 38.0 Å². The summed E-state index contributed by atoms with van der Waals surface area (Å²) in [6, 6.07) is -0.496. The second-order valence-corrected chi connectivity index (χ2v) is 8.05. The number of hydrogen-bond acceptors (Lipinski definition) is 4. The molecule has 1 unspecified atom stereocenters. The summed E-state index contributed by atoms with van der Waals surface area (Å²) in [5.41, 5.74) is -0.491. The highest BCUT2D eigenvalue weighted by Gasteiger charge is 2.49. The quantitative estimate of drug-likeness (QED) is 0.558. The van der Waals surface area contributed by atoms with Crippen molar-refractivity contribution in [1.29, 1.82) is 0 Å². The van der Waals surface area contributed by atoms with Crippen LogP contribution in [0.25, 0.3) is 0 Å². The van der Waals surface area contributed by atoms with Crippen LogP contribution >= 0.6 is 0 Å². The topological polar surface area (TPSA) is 74.8 Å². The number of halogens is 1. The highest BCUT2D eigenvalue weighted by Crippen LogP contribution is 2.42. The van der Waals surface area contributed by atoms with Crippen LogP contribution in [-0.4, -0.2) is 59.4 Å². The molecule has 2 heterocycles. The summed E-state index contributed by atoms with van der Waals surface area (Å²) in [4.78, 5) is 49.4. The highest BCUT2D eigenvalue weighted by atomic mass is 19.0. The lowest BCUT2D eigenvalue weighted by atomic mass is 9.78. The van der Waals surface area contributed by atoms with Gasteiger partial charge >= 0.3 is 0 Å². The molecule has 0 spiro atoms. The molecule has 2 rings (SSSR count). The van der Waals surface area contributed by atoms with Gasteiger partial charge in [0.15, 0.2) is 11.6 Å². The van der Waals surface area contributed by atoms with Gasteiger partial charge in [0.05, 0.1) is 17.5 Å². The van der Waals surface area contributed by atoms with Crippen molar-refractivity contribution in [3.63, 3.8) is 0 Å². The molecule has 0 bridgehead atoms. The summed E-state index contributed by atoms with van der Waals surface area (Å²) in [5, 5.41) is 0. The number of likely N-dealkylation sites (tertiary alicyclic amines) is 2. The SMILES string of the molecule is C=CCC1(CC=C)C[C@@H](C(C)=O)N(C)C1=O.C=CCC1C[C@@H](C(C)=O)N(C)C1=O.F.[3HH]. The van der Waals surface area contributed by atoms with Gasteiger partial charge in [-0.1, -0.05) is 18.2 Å². The van der Waals surface area contributed by atoms with Gasteiger partial charge in [-0.2, -0.15) is 0 Å². The van der Waals surface area contributed by atoms with Crippen molar-refractivity contribution < 1.29 is 25.3 Å². The van der Waals surface area contributed by atoms with Crippen molar-refractivity contribution in [1.82, 2.24) is 9.80 Å². The second kappa shape index (κ2) is 11.6. The fourth-order valence-electron chi connectivity index (χ4n) is 4.31. The minimum absolute atomic E-state index is 0. The van der Waals surface area contributed by atoms with E-state index in [0.717, 1.165) is 0 Å². The number of amides is 2. The normalized spacial score (nSPS) is 24.5. The zero-order chi connectivity index (χ0) is 22.4. The number of carbonyl (C=O) groups excluding carboxylic acids is 4. The first-order valence-corrected chi connectivity index (χ1v) is 9.93. The minimum Gasteiger partial charge on any atom is -0.335 e. The largest absolute Gasteiger partial charge is 0.335 e. The maximum absolute atomic E-state index is 12.2. The van der Waals surface area contributed by atoms with E-state index < -0.39 is 5.41 Å². The van der Waals surface area contributed by atoms with Gasteiger partial charge in [-0.15, -0.1) is 19.7 Å². The molecule has 3 atom stereocenters. The number of carbonyl (C=O) groups is 4. The van der Waals surface area contributed by atoms with Gasteiger partial charge in [0.2, 0.25) is 11.8 Å². The van der Waals surface area contributed by atoms with Gasteiger partial charge in [-0.3, -0.25) is 23.9 Å². The number of allylic oxidation sites excluding steroid dienone is 3. The average molecular weight is 427 g/mol. The number of hydrogen-bond donors (Lipinski definition) is 0. The molecule has 0 radical (unpaired) electrons. The smallest absolute Gasteiger partial charge is 0.229 e. The van der Waals surface area contributed by atoms with Gasteiger partial charge < -0.3 is 9.80 Å². The average Bonchev–Trinajstić information content (AvgIpc) is 3.07. The summed E-state index contributed by atoms with van der Waals surface area (Å²) >= 11 is 0. The molecule has 170 valence electrons. The van der Waals surface area contributed by atoms with Crippen LogP contribution in [0.3, 0.4) is 0 Å². The molecule has 6 nitrogen and oxygen atoms in total. The monoisotopic (exact) mass is 426 g/mol. The van der Waals surface area contributed by atoms with E-state index >= 15 is 0 Å². The molecule has 2 saturated heterocycles. The van der Waals surface area contributed by atoms with Gasteiger partial charge in [0.25, 0.3) is 0 Å². The zero-order valence-electron chi connectivity index (χ0n) is 18.6. The maximum atomic E-state index is 12.2. The Bertz CT molecular complexity index is 700. The number of rotatable bonds is 8. The Morgan fingerprint density at radius 2 is 1.50 bits per heavy atom. The Morgan fingerprint density at radius 3 is 1.83 bits per heavy atom. The summed E-state index contributed by atoms with van der Waals surface area (Å²) in [7, 11) is 3.39. The van der Waals surface area contributed by atoms with Crippen LogP contribution in [0, 0.1) is 11.3 Å². The Hall–Kier alpha value is -2.57. The molecule has 0 aromatic heterocycles. The molecule has 2 aliphatic heterocycles. The third kappa shape index (κ3) is 5.74. The van der Waals surface area contributed by atoms with E-state index in [1.54, 1.807) is 42.1 Å². The number of ketones is 2. The van der Waals surface area contributed by atoms with E-state index in [9.17, 15) is 19.2 Å². The van der Waals surface area contributed by atoms with Gasteiger partial charge in [-0.05, 0) is 46.0 Å². The molecular formula is C23H37FN2O4. The molecule has 2 amide bonds. The molecule has 2 aliphatic rings. The van der Waals surface area contributed by atoms with E-state index in [4.69, 9.17) is 0 Å². The predicted octanol–water partition coefficient (Wildman–Crippen LogP) is 3.34. The summed E-state index contributed by atoms with van der Waals surface area (Å²) in [6.07, 6.45) is 8.34. The lowest BCUT2D eigenvalue weighted by Crippen LogP contribution is -2.35. The molecule has 0 aliphatic carbocycles. The number of likely N-dealkylation sites (N-methyl/N-ethyl adjacent to an activating group) is 2. The molecule has 7 heteroatoms. The Morgan fingerprint density at radius 1 is 1.00 bits per heavy atom. The second-order valence-electron chi connectivity index (χ2n) is 8.05. The van der Waals surface area contributed by atoms with E-state index in [2.05, 4.69) is 19.7 Å². The first kappa shape index (κ1) is 27.4. The van der Waals surface area contributed by atoms with Crippen molar-refractivity contribution in [2.75, 3.05) is 14.1 Å². The molecule has 0 N–H and O–H groups in total. The lowest BCUT2D eigenvalue weighted by Gasteiger charge is -2.23. The molecule has 0 aromatic rings. The summed E-state index contributed by atoms with van der Waals surface area (Å²) < 4.78 is 0. The van der Waals surface area contributed by atoms with Gasteiger partial charge in [0, 0.05) is 21.4 Å². The molecule has 0 aromatic carbocycles. The van der Waals surface area contributed by atoms with E-state index in [0.29, 0.717) is 32.1 Å². The lowest BCUT2D eigenvalue weighted by molar-refractivity contribution is -0.137. The summed E-state index contributed by atoms with van der Waals surface area (Å²) in [6.45, 7) is 14.0. The first-order chi connectivity index (χ1) is 13.6. The number of nitrogens with zero attached hydrogens (tertiary/aromatic N) is 2. The van der Waals surface area contributed by atoms with Crippen molar-refractivity contribution in [2.24, 2.45) is 11.3 Å². The molecular weight excluding hydrogens is 387 g/mol. The highest BCUT2D eigenvalue weighted by molar-refractivity contribution is 5.94. The third-order valence-corrected chi connectivity index (χ3v) is 5.96. The minimum atomic E-state index is -0.491.